The molecule has 148 valence electrons. The van der Waals surface area contributed by atoms with Crippen molar-refractivity contribution in [3.05, 3.63) is 125 Å². The molecule has 0 spiro atoms. The molecule has 0 unspecified atom stereocenters. The van der Waals surface area contributed by atoms with Gasteiger partial charge in [0.1, 0.15) is 0 Å². The summed E-state index contributed by atoms with van der Waals surface area (Å²) in [6.07, 6.45) is 0. The van der Waals surface area contributed by atoms with E-state index in [1.807, 2.05) is 12.1 Å². The first-order valence-corrected chi connectivity index (χ1v) is 11.3. The van der Waals surface area contributed by atoms with Crippen molar-refractivity contribution in [3.63, 3.8) is 0 Å². The van der Waals surface area contributed by atoms with Crippen LogP contribution in [0.15, 0.2) is 121 Å². The van der Waals surface area contributed by atoms with Gasteiger partial charge in [-0.1, -0.05) is 97.1 Å². The Labute approximate surface area is 196 Å². The Morgan fingerprint density at radius 1 is 0.387 bits per heavy atom. The van der Waals surface area contributed by atoms with Gasteiger partial charge in [0.25, 0.3) is 0 Å². The van der Waals surface area contributed by atoms with Crippen molar-refractivity contribution in [3.8, 4) is 44.8 Å². The normalized spacial score (nSPS) is 10.7. The van der Waals surface area contributed by atoms with Gasteiger partial charge in [-0.2, -0.15) is 0 Å². The van der Waals surface area contributed by atoms with E-state index in [1.54, 1.807) is 0 Å². The molecule has 0 atom stereocenters. The monoisotopic (exact) mass is 509 g/mol. The number of pyridine rings is 1. The van der Waals surface area contributed by atoms with Crippen molar-refractivity contribution in [1.29, 1.82) is 0 Å². The fourth-order valence-electron chi connectivity index (χ4n) is 3.73. The predicted octanol–water partition coefficient (Wildman–Crippen LogP) is 8.35. The molecule has 5 aromatic rings. The van der Waals surface area contributed by atoms with Gasteiger partial charge in [0.05, 0.1) is 11.4 Å². The molecule has 0 radical (unpaired) electrons. The van der Waals surface area contributed by atoms with Crippen molar-refractivity contribution in [1.82, 2.24) is 4.98 Å². The third-order valence-corrected chi connectivity index (χ3v) is 6.01. The first-order chi connectivity index (χ1) is 15.3. The van der Waals surface area contributed by atoms with Crippen molar-refractivity contribution < 1.29 is 0 Å². The average molecular weight is 509 g/mol. The minimum atomic E-state index is 0.981. The van der Waals surface area contributed by atoms with Crippen LogP contribution in [0.25, 0.3) is 44.8 Å². The number of rotatable bonds is 4. The lowest BCUT2D eigenvalue weighted by Crippen LogP contribution is -1.91. The molecule has 0 amide bonds. The Morgan fingerprint density at radius 3 is 1.48 bits per heavy atom. The van der Waals surface area contributed by atoms with Crippen LogP contribution in [0.2, 0.25) is 0 Å². The number of aromatic nitrogens is 1. The van der Waals surface area contributed by atoms with Gasteiger partial charge < -0.3 is 0 Å². The van der Waals surface area contributed by atoms with Crippen LogP contribution in [0.3, 0.4) is 0 Å². The molecule has 5 rings (SSSR count). The van der Waals surface area contributed by atoms with Crippen LogP contribution in [-0.2, 0) is 0 Å². The van der Waals surface area contributed by atoms with E-state index in [-0.39, 0.29) is 0 Å². The third-order valence-electron chi connectivity index (χ3n) is 5.34. The maximum absolute atomic E-state index is 5.02. The summed E-state index contributed by atoms with van der Waals surface area (Å²) in [6.45, 7) is 0. The Kier molecular flexibility index (Phi) is 5.63. The highest BCUT2D eigenvalue weighted by Crippen LogP contribution is 2.31. The Balaban J connectivity index is 1.61. The SMILES string of the molecule is Ic1cccc(-c2cc(-c3ccccc3)nc(-c3ccc(-c4ccccc4)cc3)c2)c1. The molecule has 31 heavy (non-hydrogen) atoms. The lowest BCUT2D eigenvalue weighted by atomic mass is 9.98. The summed E-state index contributed by atoms with van der Waals surface area (Å²) in [5, 5.41) is 0. The van der Waals surface area contributed by atoms with Crippen LogP contribution in [0.1, 0.15) is 0 Å². The molecule has 0 saturated carbocycles. The van der Waals surface area contributed by atoms with Crippen molar-refractivity contribution in [2.75, 3.05) is 0 Å². The van der Waals surface area contributed by atoms with Crippen LogP contribution >= 0.6 is 22.6 Å². The molecule has 1 nitrogen and oxygen atoms in total. The maximum atomic E-state index is 5.02. The number of halogens is 1. The quantitative estimate of drug-likeness (QED) is 0.222. The molecule has 0 bridgehead atoms. The predicted molar refractivity (Wildman–Crippen MR) is 139 cm³/mol. The number of hydrogen-bond acceptors (Lipinski definition) is 1. The second-order valence-electron chi connectivity index (χ2n) is 7.45. The van der Waals surface area contributed by atoms with Crippen molar-refractivity contribution >= 4 is 22.6 Å². The van der Waals surface area contributed by atoms with E-state index in [1.165, 1.54) is 25.8 Å². The van der Waals surface area contributed by atoms with Gasteiger partial charge in [0, 0.05) is 14.7 Å². The summed E-state index contributed by atoms with van der Waals surface area (Å²) in [6, 6.07) is 42.5. The van der Waals surface area contributed by atoms with Crippen LogP contribution < -0.4 is 0 Å². The van der Waals surface area contributed by atoms with E-state index in [9.17, 15) is 0 Å². The van der Waals surface area contributed by atoms with Crippen molar-refractivity contribution in [2.24, 2.45) is 0 Å². The number of benzene rings is 4. The standard InChI is InChI=1S/C29H20IN/c30-27-13-7-12-25(18-27)26-19-28(23-10-5-2-6-11-23)31-29(20-26)24-16-14-22(15-17-24)21-8-3-1-4-9-21/h1-20H. The molecule has 0 N–H and O–H groups in total. The highest BCUT2D eigenvalue weighted by molar-refractivity contribution is 14.1. The topological polar surface area (TPSA) is 12.9 Å². The minimum absolute atomic E-state index is 0.981. The minimum Gasteiger partial charge on any atom is -0.248 e. The largest absolute Gasteiger partial charge is 0.248 e. The molecule has 0 aliphatic heterocycles. The zero-order valence-corrected chi connectivity index (χ0v) is 19.0. The van der Waals surface area contributed by atoms with Crippen LogP contribution in [-0.4, -0.2) is 4.98 Å². The van der Waals surface area contributed by atoms with Crippen LogP contribution in [0.4, 0.5) is 0 Å². The van der Waals surface area contributed by atoms with Crippen LogP contribution in [0.5, 0.6) is 0 Å². The first-order valence-electron chi connectivity index (χ1n) is 10.3. The Morgan fingerprint density at radius 2 is 0.871 bits per heavy atom. The molecule has 0 saturated heterocycles. The molecule has 1 heterocycles. The van der Waals surface area contributed by atoms with Gasteiger partial charge in [0.15, 0.2) is 0 Å². The molecule has 0 aliphatic rings. The summed E-state index contributed by atoms with van der Waals surface area (Å²) in [7, 11) is 0. The molecule has 0 fully saturated rings. The fourth-order valence-corrected chi connectivity index (χ4v) is 4.28. The number of nitrogens with zero attached hydrogens (tertiary/aromatic N) is 1. The summed E-state index contributed by atoms with van der Waals surface area (Å²) < 4.78 is 1.22. The smallest absolute Gasteiger partial charge is 0.0715 e. The molecular formula is C29H20IN. The zero-order chi connectivity index (χ0) is 21.0. The van der Waals surface area contributed by atoms with Gasteiger partial charge in [-0.15, -0.1) is 0 Å². The molecular weight excluding hydrogens is 489 g/mol. The van der Waals surface area contributed by atoms with Gasteiger partial charge in [-0.05, 0) is 69.1 Å². The van der Waals surface area contributed by atoms with Gasteiger partial charge in [-0.25, -0.2) is 4.98 Å². The van der Waals surface area contributed by atoms with E-state index in [0.717, 1.165) is 22.5 Å². The van der Waals surface area contributed by atoms with Gasteiger partial charge in [0.2, 0.25) is 0 Å². The molecule has 2 heteroatoms. The van der Waals surface area contributed by atoms with Crippen molar-refractivity contribution in [2.45, 2.75) is 0 Å². The van der Waals surface area contributed by atoms with Gasteiger partial charge >= 0.3 is 0 Å². The Hall–Kier alpha value is -3.24. The average Bonchev–Trinajstić information content (AvgIpc) is 2.85. The molecule has 1 aromatic heterocycles. The molecule has 0 aliphatic carbocycles. The maximum Gasteiger partial charge on any atom is 0.0715 e. The zero-order valence-electron chi connectivity index (χ0n) is 16.9. The van der Waals surface area contributed by atoms with E-state index in [4.69, 9.17) is 4.98 Å². The lowest BCUT2D eigenvalue weighted by molar-refractivity contribution is 1.32. The molecule has 4 aromatic carbocycles. The summed E-state index contributed by atoms with van der Waals surface area (Å²) in [5.41, 5.74) is 9.01. The summed E-state index contributed by atoms with van der Waals surface area (Å²) in [4.78, 5) is 5.02. The van der Waals surface area contributed by atoms with E-state index in [2.05, 4.69) is 132 Å². The van der Waals surface area contributed by atoms with E-state index in [0.29, 0.717) is 0 Å². The highest BCUT2D eigenvalue weighted by atomic mass is 127. The number of hydrogen-bond donors (Lipinski definition) is 0. The highest BCUT2D eigenvalue weighted by Gasteiger charge is 2.09. The second-order valence-corrected chi connectivity index (χ2v) is 8.69. The van der Waals surface area contributed by atoms with Crippen LogP contribution in [0, 0.1) is 3.57 Å². The lowest BCUT2D eigenvalue weighted by Gasteiger charge is -2.11. The third kappa shape index (κ3) is 4.44. The van der Waals surface area contributed by atoms with Gasteiger partial charge in [-0.3, -0.25) is 0 Å². The van der Waals surface area contributed by atoms with E-state index < -0.39 is 0 Å². The Bertz CT molecular complexity index is 1310. The second kappa shape index (κ2) is 8.86. The van der Waals surface area contributed by atoms with E-state index >= 15 is 0 Å². The summed E-state index contributed by atoms with van der Waals surface area (Å²) in [5.74, 6) is 0. The fraction of sp³-hybridized carbons (Fsp3) is 0. The summed E-state index contributed by atoms with van der Waals surface area (Å²) >= 11 is 2.37. The first kappa shape index (κ1) is 19.7.